The van der Waals surface area contributed by atoms with E-state index in [1.165, 1.54) is 0 Å². The summed E-state index contributed by atoms with van der Waals surface area (Å²) in [6, 6.07) is 0. The minimum Gasteiger partial charge on any atom is -0.305 e. The van der Waals surface area contributed by atoms with Crippen molar-refractivity contribution in [1.29, 1.82) is 0 Å². The van der Waals surface area contributed by atoms with Gasteiger partial charge in [0, 0.05) is 47.7 Å². The predicted octanol–water partition coefficient (Wildman–Crippen LogP) is 2.47. The molecule has 3 rings (SSSR count). The van der Waals surface area contributed by atoms with Crippen LogP contribution >= 0.6 is 34.0 Å². The van der Waals surface area contributed by atoms with Gasteiger partial charge in [-0.05, 0) is 20.8 Å². The van der Waals surface area contributed by atoms with E-state index in [0.717, 1.165) is 22.1 Å². The molecule has 12 heteroatoms. The van der Waals surface area contributed by atoms with E-state index in [1.807, 2.05) is 10.8 Å². The Kier molecular flexibility index (Phi) is 15.9. The molecule has 3 N–H and O–H groups in total. The summed E-state index contributed by atoms with van der Waals surface area (Å²) in [6.07, 6.45) is 3.56. The van der Waals surface area contributed by atoms with Crippen molar-refractivity contribution in [1.82, 2.24) is 30.9 Å². The minimum atomic E-state index is 0.153. The summed E-state index contributed by atoms with van der Waals surface area (Å²) in [4.78, 5) is 44.7. The Morgan fingerprint density at radius 1 is 0.818 bits per heavy atom. The molecule has 0 aliphatic carbocycles. The highest BCUT2D eigenvalue weighted by molar-refractivity contribution is 7.09. The number of aromatic nitrogens is 3. The molecule has 0 aromatic carbocycles. The van der Waals surface area contributed by atoms with Crippen LogP contribution in [0.1, 0.15) is 36.3 Å². The number of rotatable bonds is 12. The number of carbonyl (C=O) groups excluding carboxylic acids is 3. The smallest absolute Gasteiger partial charge is 0.143 e. The highest BCUT2D eigenvalue weighted by Gasteiger charge is 1.96. The number of hydrogen-bond acceptors (Lipinski definition) is 12. The third kappa shape index (κ3) is 17.0. The standard InChI is InChI=1S/3C7H10N2OS/c1-6(10)2-8-3-7-4-11-5-9-7;1-6(10)2-8-3-7-4-9-5-11-7;1-6(10)4-8-5-7-9-2-3-11-7/h2*4-5,8H,2-3H2,1H3;2-3,8H,4-5H2,1H3. The molecule has 0 saturated heterocycles. The zero-order valence-corrected chi connectivity index (χ0v) is 21.4. The van der Waals surface area contributed by atoms with Crippen LogP contribution in [0.4, 0.5) is 0 Å². The number of Topliss-reactive ketones (excluding diaryl/α,β-unsaturated/α-hetero) is 3. The SMILES string of the molecule is CC(=O)CNCc1cncs1.CC(=O)CNCc1cscn1.CC(=O)CNCc1nccs1. The van der Waals surface area contributed by atoms with E-state index in [0.29, 0.717) is 32.7 Å². The monoisotopic (exact) mass is 510 g/mol. The number of nitrogens with one attached hydrogen (secondary N) is 3. The van der Waals surface area contributed by atoms with Crippen molar-refractivity contribution in [3.05, 3.63) is 49.8 Å². The van der Waals surface area contributed by atoms with Crippen molar-refractivity contribution < 1.29 is 14.4 Å². The van der Waals surface area contributed by atoms with Crippen molar-refractivity contribution in [3.8, 4) is 0 Å². The first kappa shape index (κ1) is 28.8. The number of thiazole rings is 3. The second kappa shape index (κ2) is 18.2. The Morgan fingerprint density at radius 3 is 1.94 bits per heavy atom. The summed E-state index contributed by atoms with van der Waals surface area (Å²) in [5, 5.41) is 13.9. The topological polar surface area (TPSA) is 126 Å². The van der Waals surface area contributed by atoms with Gasteiger partial charge in [0.25, 0.3) is 0 Å². The molecule has 0 aliphatic heterocycles. The lowest BCUT2D eigenvalue weighted by Gasteiger charge is -1.96. The van der Waals surface area contributed by atoms with Crippen LogP contribution in [-0.2, 0) is 34.0 Å². The summed E-state index contributed by atoms with van der Waals surface area (Å²) in [5.41, 5.74) is 4.56. The van der Waals surface area contributed by atoms with Gasteiger partial charge in [-0.1, -0.05) is 0 Å². The molecular weight excluding hydrogens is 480 g/mol. The van der Waals surface area contributed by atoms with Crippen molar-refractivity contribution >= 4 is 51.4 Å². The van der Waals surface area contributed by atoms with Crippen molar-refractivity contribution in [2.75, 3.05) is 19.6 Å². The number of carbonyl (C=O) groups is 3. The Bertz CT molecular complexity index is 781. The van der Waals surface area contributed by atoms with Gasteiger partial charge < -0.3 is 16.0 Å². The molecule has 0 amide bonds. The first-order valence-electron chi connectivity index (χ1n) is 10.1. The molecule has 9 nitrogen and oxygen atoms in total. The Labute approximate surface area is 206 Å². The molecule has 0 radical (unpaired) electrons. The lowest BCUT2D eigenvalue weighted by molar-refractivity contribution is -0.117. The number of hydrogen-bond donors (Lipinski definition) is 3. The second-order valence-electron chi connectivity index (χ2n) is 6.79. The quantitative estimate of drug-likeness (QED) is 0.337. The van der Waals surface area contributed by atoms with Gasteiger partial charge in [-0.3, -0.25) is 19.4 Å². The second-order valence-corrected chi connectivity index (χ2v) is 9.46. The van der Waals surface area contributed by atoms with Gasteiger partial charge in [0.1, 0.15) is 22.4 Å². The molecule has 0 aliphatic rings. The third-order valence-corrected chi connectivity index (χ3v) is 5.65. The minimum absolute atomic E-state index is 0.153. The molecule has 0 atom stereocenters. The van der Waals surface area contributed by atoms with Crippen molar-refractivity contribution in [2.24, 2.45) is 0 Å². The van der Waals surface area contributed by atoms with Crippen LogP contribution in [0, 0.1) is 0 Å². The zero-order chi connectivity index (χ0) is 24.3. The van der Waals surface area contributed by atoms with E-state index in [2.05, 4.69) is 30.9 Å². The fourth-order valence-electron chi connectivity index (χ4n) is 2.07. The van der Waals surface area contributed by atoms with Crippen LogP contribution in [0.25, 0.3) is 0 Å². The average molecular weight is 511 g/mol. The van der Waals surface area contributed by atoms with Crippen LogP contribution in [0.15, 0.2) is 34.2 Å². The largest absolute Gasteiger partial charge is 0.305 e. The maximum Gasteiger partial charge on any atom is 0.143 e. The van der Waals surface area contributed by atoms with E-state index >= 15 is 0 Å². The molecule has 0 unspecified atom stereocenters. The van der Waals surface area contributed by atoms with Gasteiger partial charge in [0.05, 0.1) is 36.3 Å². The zero-order valence-electron chi connectivity index (χ0n) is 19.0. The van der Waals surface area contributed by atoms with Gasteiger partial charge >= 0.3 is 0 Å². The average Bonchev–Trinajstić information content (AvgIpc) is 3.52. The Balaban J connectivity index is 0.000000247. The maximum atomic E-state index is 10.5. The maximum absolute atomic E-state index is 10.5. The van der Waals surface area contributed by atoms with Gasteiger partial charge in [0.15, 0.2) is 0 Å². The van der Waals surface area contributed by atoms with Crippen molar-refractivity contribution in [2.45, 2.75) is 40.4 Å². The molecular formula is C21H30N6O3S3. The molecule has 0 fully saturated rings. The highest BCUT2D eigenvalue weighted by Crippen LogP contribution is 2.03. The molecule has 0 saturated carbocycles. The fraction of sp³-hybridized carbons (Fsp3) is 0.429. The normalized spacial score (nSPS) is 9.91. The van der Waals surface area contributed by atoms with Crippen LogP contribution in [0.2, 0.25) is 0 Å². The summed E-state index contributed by atoms with van der Waals surface area (Å²) in [7, 11) is 0. The van der Waals surface area contributed by atoms with Gasteiger partial charge in [-0.2, -0.15) is 0 Å². The van der Waals surface area contributed by atoms with Gasteiger partial charge in [-0.25, -0.2) is 9.97 Å². The van der Waals surface area contributed by atoms with Gasteiger partial charge in [0.2, 0.25) is 0 Å². The molecule has 0 spiro atoms. The van der Waals surface area contributed by atoms with Crippen LogP contribution < -0.4 is 16.0 Å². The van der Waals surface area contributed by atoms with E-state index in [1.54, 1.807) is 78.2 Å². The number of ketones is 3. The lowest BCUT2D eigenvalue weighted by Crippen LogP contribution is -2.20. The molecule has 0 bridgehead atoms. The van der Waals surface area contributed by atoms with E-state index in [-0.39, 0.29) is 17.3 Å². The fourth-order valence-corrected chi connectivity index (χ4v) is 3.78. The lowest BCUT2D eigenvalue weighted by atomic mass is 10.4. The highest BCUT2D eigenvalue weighted by atomic mass is 32.1. The Hall–Kier alpha value is -2.22. The first-order valence-corrected chi connectivity index (χ1v) is 12.8. The summed E-state index contributed by atoms with van der Waals surface area (Å²) in [6.45, 7) is 8.11. The summed E-state index contributed by atoms with van der Waals surface area (Å²) < 4.78 is 0. The molecule has 180 valence electrons. The van der Waals surface area contributed by atoms with Crippen LogP contribution in [0.5, 0.6) is 0 Å². The van der Waals surface area contributed by atoms with Crippen LogP contribution in [0.3, 0.4) is 0 Å². The number of nitrogens with zero attached hydrogens (tertiary/aromatic N) is 3. The third-order valence-electron chi connectivity index (χ3n) is 3.45. The van der Waals surface area contributed by atoms with E-state index in [9.17, 15) is 14.4 Å². The summed E-state index contributed by atoms with van der Waals surface area (Å²) >= 11 is 4.74. The van der Waals surface area contributed by atoms with Crippen LogP contribution in [-0.4, -0.2) is 51.9 Å². The Morgan fingerprint density at radius 2 is 1.45 bits per heavy atom. The summed E-state index contributed by atoms with van der Waals surface area (Å²) in [5.74, 6) is 0.469. The van der Waals surface area contributed by atoms with Crippen molar-refractivity contribution in [3.63, 3.8) is 0 Å². The molecule has 3 heterocycles. The first-order chi connectivity index (χ1) is 15.9. The van der Waals surface area contributed by atoms with Gasteiger partial charge in [-0.15, -0.1) is 34.0 Å². The predicted molar refractivity (Wildman–Crippen MR) is 134 cm³/mol. The van der Waals surface area contributed by atoms with E-state index in [4.69, 9.17) is 0 Å². The molecule has 3 aromatic rings. The molecule has 33 heavy (non-hydrogen) atoms. The molecule has 3 aromatic heterocycles. The van der Waals surface area contributed by atoms with E-state index < -0.39 is 0 Å².